The Morgan fingerprint density at radius 3 is 2.83 bits per heavy atom. The molecule has 1 aliphatic carbocycles. The highest BCUT2D eigenvalue weighted by molar-refractivity contribution is 5.77. The number of nitrogens with zero attached hydrogens (tertiary/aromatic N) is 2. The molecule has 1 aromatic carbocycles. The molecule has 1 heterocycles. The Morgan fingerprint density at radius 1 is 1.24 bits per heavy atom. The highest BCUT2D eigenvalue weighted by Gasteiger charge is 2.09. The van der Waals surface area contributed by atoms with Gasteiger partial charge in [-0.25, -0.2) is 4.39 Å². The molecule has 3 rings (SSSR count). The average molecular weight is 399 g/mol. The van der Waals surface area contributed by atoms with Gasteiger partial charge in [-0.3, -0.25) is 14.8 Å². The van der Waals surface area contributed by atoms with Crippen LogP contribution in [0, 0.1) is 5.82 Å². The third-order valence-electron chi connectivity index (χ3n) is 5.32. The van der Waals surface area contributed by atoms with Crippen LogP contribution >= 0.6 is 0 Å². The minimum absolute atomic E-state index is 0.0871. The zero-order valence-corrected chi connectivity index (χ0v) is 17.2. The second-order valence-corrected chi connectivity index (χ2v) is 7.83. The van der Waals surface area contributed by atoms with Gasteiger partial charge in [0.25, 0.3) is 0 Å². The molecule has 0 atom stereocenters. The van der Waals surface area contributed by atoms with Gasteiger partial charge >= 0.3 is 0 Å². The predicted molar refractivity (Wildman–Crippen MR) is 114 cm³/mol. The molecule has 156 valence electrons. The first-order valence-electron chi connectivity index (χ1n) is 10.5. The Bertz CT molecular complexity index is 813. The number of carbonyl (C=O) groups is 1. The van der Waals surface area contributed by atoms with Crippen molar-refractivity contribution < 1.29 is 9.18 Å². The summed E-state index contributed by atoms with van der Waals surface area (Å²) < 4.78 is 13.0. The monoisotopic (exact) mass is 398 g/mol. The number of benzene rings is 1. The van der Waals surface area contributed by atoms with E-state index in [1.807, 2.05) is 18.0 Å². The molecule has 2 N–H and O–H groups in total. The topological polar surface area (TPSA) is 61.0 Å². The fourth-order valence-corrected chi connectivity index (χ4v) is 3.67. The maximum absolute atomic E-state index is 13.0. The fourth-order valence-electron chi connectivity index (χ4n) is 3.67. The minimum Gasteiger partial charge on any atom is -0.355 e. The maximum Gasteiger partial charge on any atom is 0.234 e. The van der Waals surface area contributed by atoms with Gasteiger partial charge in [0.05, 0.1) is 12.2 Å². The van der Waals surface area contributed by atoms with Gasteiger partial charge in [-0.2, -0.15) is 5.10 Å². The van der Waals surface area contributed by atoms with Gasteiger partial charge in [0.2, 0.25) is 5.91 Å². The van der Waals surface area contributed by atoms with Crippen LogP contribution in [-0.4, -0.2) is 47.7 Å². The average Bonchev–Trinajstić information content (AvgIpc) is 3.18. The molecule has 0 spiro atoms. The summed E-state index contributed by atoms with van der Waals surface area (Å²) >= 11 is 0. The Labute approximate surface area is 172 Å². The van der Waals surface area contributed by atoms with E-state index in [9.17, 15) is 9.18 Å². The molecule has 0 aliphatic heterocycles. The number of allylic oxidation sites excluding steroid dienone is 1. The van der Waals surface area contributed by atoms with Crippen molar-refractivity contribution in [2.45, 2.75) is 44.9 Å². The van der Waals surface area contributed by atoms with Crippen molar-refractivity contribution in [2.75, 3.05) is 26.7 Å². The zero-order valence-electron chi connectivity index (χ0n) is 17.2. The SMILES string of the molecule is CN(CCCc1cc(-c2ccc(F)cc2)n[nH]1)CC(=O)NCCC1=CCCCC1. The minimum atomic E-state index is -0.248. The summed E-state index contributed by atoms with van der Waals surface area (Å²) in [5.41, 5.74) is 4.25. The molecule has 0 unspecified atom stereocenters. The molecule has 29 heavy (non-hydrogen) atoms. The Hall–Kier alpha value is -2.47. The first kappa shape index (κ1) is 21.2. The van der Waals surface area contributed by atoms with Crippen LogP contribution in [0.4, 0.5) is 4.39 Å². The summed E-state index contributed by atoms with van der Waals surface area (Å²) in [5, 5.41) is 10.4. The van der Waals surface area contributed by atoms with Crippen molar-refractivity contribution >= 4 is 5.91 Å². The molecule has 0 radical (unpaired) electrons. The van der Waals surface area contributed by atoms with Crippen LogP contribution in [0.3, 0.4) is 0 Å². The van der Waals surface area contributed by atoms with Crippen LogP contribution in [0.2, 0.25) is 0 Å². The molecule has 1 aliphatic rings. The Balaban J connectivity index is 1.32. The largest absolute Gasteiger partial charge is 0.355 e. The summed E-state index contributed by atoms with van der Waals surface area (Å²) in [4.78, 5) is 14.1. The second kappa shape index (κ2) is 10.9. The van der Waals surface area contributed by atoms with Gasteiger partial charge in [0, 0.05) is 17.8 Å². The molecule has 1 aromatic heterocycles. The molecular weight excluding hydrogens is 367 g/mol. The van der Waals surface area contributed by atoms with Crippen LogP contribution in [0.1, 0.15) is 44.2 Å². The highest BCUT2D eigenvalue weighted by Crippen LogP contribution is 2.20. The number of nitrogens with one attached hydrogen (secondary N) is 2. The van der Waals surface area contributed by atoms with Crippen LogP contribution in [0.5, 0.6) is 0 Å². The van der Waals surface area contributed by atoms with E-state index in [0.29, 0.717) is 6.54 Å². The van der Waals surface area contributed by atoms with Crippen molar-refractivity contribution in [3.05, 3.63) is 53.5 Å². The summed E-state index contributed by atoms with van der Waals surface area (Å²) in [6.45, 7) is 1.99. The molecule has 5 nitrogen and oxygen atoms in total. The third kappa shape index (κ3) is 7.13. The summed E-state index contributed by atoms with van der Waals surface area (Å²) in [6.07, 6.45) is 10.1. The van der Waals surface area contributed by atoms with Crippen molar-refractivity contribution in [2.24, 2.45) is 0 Å². The predicted octanol–water partition coefficient (Wildman–Crippen LogP) is 4.09. The van der Waals surface area contributed by atoms with E-state index >= 15 is 0 Å². The standard InChI is InChI=1S/C23H31FN4O/c1-28(17-23(29)25-14-13-18-6-3-2-4-7-18)15-5-8-21-16-22(27-26-21)19-9-11-20(24)12-10-19/h6,9-12,16H,2-5,7-8,13-15,17H2,1H3,(H,25,29)(H,26,27). The van der Waals surface area contributed by atoms with E-state index in [2.05, 4.69) is 21.6 Å². The second-order valence-electron chi connectivity index (χ2n) is 7.83. The van der Waals surface area contributed by atoms with E-state index in [0.717, 1.165) is 49.3 Å². The van der Waals surface area contributed by atoms with E-state index in [1.165, 1.54) is 43.4 Å². The van der Waals surface area contributed by atoms with Crippen molar-refractivity contribution in [3.63, 3.8) is 0 Å². The lowest BCUT2D eigenvalue weighted by atomic mass is 9.97. The molecule has 0 saturated carbocycles. The number of halogens is 1. The van der Waals surface area contributed by atoms with Gasteiger partial charge in [-0.1, -0.05) is 11.6 Å². The van der Waals surface area contributed by atoms with Crippen LogP contribution in [0.15, 0.2) is 42.0 Å². The van der Waals surface area contributed by atoms with Crippen LogP contribution in [0.25, 0.3) is 11.3 Å². The molecule has 0 saturated heterocycles. The van der Waals surface area contributed by atoms with Crippen molar-refractivity contribution in [3.8, 4) is 11.3 Å². The maximum atomic E-state index is 13.0. The molecule has 6 heteroatoms. The number of aromatic nitrogens is 2. The van der Waals surface area contributed by atoms with Crippen LogP contribution < -0.4 is 5.32 Å². The lowest BCUT2D eigenvalue weighted by Gasteiger charge is -2.17. The quantitative estimate of drug-likeness (QED) is 0.593. The lowest BCUT2D eigenvalue weighted by Crippen LogP contribution is -2.36. The molecule has 0 bridgehead atoms. The van der Waals surface area contributed by atoms with E-state index in [4.69, 9.17) is 0 Å². The summed E-state index contributed by atoms with van der Waals surface area (Å²) in [5.74, 6) is -0.160. The molecular formula is C23H31FN4O. The molecule has 2 aromatic rings. The van der Waals surface area contributed by atoms with Gasteiger partial charge in [0.15, 0.2) is 0 Å². The number of amides is 1. The number of hydrogen-bond donors (Lipinski definition) is 2. The highest BCUT2D eigenvalue weighted by atomic mass is 19.1. The van der Waals surface area contributed by atoms with Gasteiger partial charge in [-0.15, -0.1) is 0 Å². The first-order valence-corrected chi connectivity index (χ1v) is 10.5. The van der Waals surface area contributed by atoms with Gasteiger partial charge in [-0.05, 0) is 88.9 Å². The number of hydrogen-bond acceptors (Lipinski definition) is 3. The van der Waals surface area contributed by atoms with Crippen LogP contribution in [-0.2, 0) is 11.2 Å². The van der Waals surface area contributed by atoms with Gasteiger partial charge in [0.1, 0.15) is 5.82 Å². The lowest BCUT2D eigenvalue weighted by molar-refractivity contribution is -0.121. The molecule has 1 amide bonds. The Kier molecular flexibility index (Phi) is 7.99. The summed E-state index contributed by atoms with van der Waals surface area (Å²) in [6, 6.07) is 8.34. The number of aromatic amines is 1. The number of rotatable bonds is 10. The fraction of sp³-hybridized carbons (Fsp3) is 0.478. The first-order chi connectivity index (χ1) is 14.1. The Morgan fingerprint density at radius 2 is 2.07 bits per heavy atom. The zero-order chi connectivity index (χ0) is 20.5. The number of likely N-dealkylation sites (N-methyl/N-ethyl adjacent to an activating group) is 1. The van der Waals surface area contributed by atoms with Crippen molar-refractivity contribution in [1.82, 2.24) is 20.4 Å². The number of H-pyrrole nitrogens is 1. The van der Waals surface area contributed by atoms with E-state index < -0.39 is 0 Å². The van der Waals surface area contributed by atoms with Crippen molar-refractivity contribution in [1.29, 1.82) is 0 Å². The van der Waals surface area contributed by atoms with E-state index in [-0.39, 0.29) is 11.7 Å². The van der Waals surface area contributed by atoms with Gasteiger partial charge < -0.3 is 5.32 Å². The normalized spacial score (nSPS) is 14.1. The smallest absolute Gasteiger partial charge is 0.234 e. The van der Waals surface area contributed by atoms with E-state index in [1.54, 1.807) is 12.1 Å². The number of carbonyl (C=O) groups excluding carboxylic acids is 1. The molecule has 0 fully saturated rings. The summed E-state index contributed by atoms with van der Waals surface area (Å²) in [7, 11) is 1.97. The number of aryl methyl sites for hydroxylation is 1. The third-order valence-corrected chi connectivity index (χ3v) is 5.32.